The van der Waals surface area contributed by atoms with Crippen molar-refractivity contribution in [1.82, 2.24) is 9.55 Å². The van der Waals surface area contributed by atoms with Crippen molar-refractivity contribution in [3.05, 3.63) is 63.2 Å². The molecule has 1 aliphatic heterocycles. The van der Waals surface area contributed by atoms with Gasteiger partial charge in [0.25, 0.3) is 0 Å². The van der Waals surface area contributed by atoms with Gasteiger partial charge < -0.3 is 29.2 Å². The molecule has 0 spiro atoms. The Kier molecular flexibility index (Phi) is 7.69. The number of hydrogen-bond acceptors (Lipinski definition) is 7. The van der Waals surface area contributed by atoms with E-state index in [1.54, 1.807) is 4.90 Å². The van der Waals surface area contributed by atoms with Crippen molar-refractivity contribution in [2.75, 3.05) is 37.8 Å². The molecule has 3 heterocycles. The summed E-state index contributed by atoms with van der Waals surface area (Å²) in [6.45, 7) is 4.23. The summed E-state index contributed by atoms with van der Waals surface area (Å²) in [4.78, 5) is 31.4. The van der Waals surface area contributed by atoms with Crippen LogP contribution in [0, 0.1) is 23.4 Å². The van der Waals surface area contributed by atoms with Gasteiger partial charge in [0.2, 0.25) is 5.43 Å². The maximum Gasteiger partial charge on any atom is 0.341 e. The van der Waals surface area contributed by atoms with Crippen LogP contribution in [0.25, 0.3) is 11.0 Å². The minimum Gasteiger partial charge on any atom is -0.485 e. The third-order valence-electron chi connectivity index (χ3n) is 6.28. The minimum absolute atomic E-state index is 0.0196. The van der Waals surface area contributed by atoms with Crippen molar-refractivity contribution in [1.29, 1.82) is 0 Å². The fourth-order valence-corrected chi connectivity index (χ4v) is 4.24. The molecule has 2 N–H and O–H groups in total. The smallest absolute Gasteiger partial charge is 0.341 e. The van der Waals surface area contributed by atoms with E-state index >= 15 is 0 Å². The number of aromatic nitrogens is 2. The molecule has 0 amide bonds. The molecule has 198 valence electrons. The highest BCUT2D eigenvalue weighted by molar-refractivity contribution is 5.92. The van der Waals surface area contributed by atoms with Gasteiger partial charge in [0, 0.05) is 31.4 Å². The summed E-state index contributed by atoms with van der Waals surface area (Å²) >= 11 is 0. The van der Waals surface area contributed by atoms with Crippen LogP contribution in [0.4, 0.5) is 19.0 Å². The third kappa shape index (κ3) is 5.25. The molecule has 3 aromatic rings. The van der Waals surface area contributed by atoms with Crippen LogP contribution in [-0.2, 0) is 11.3 Å². The second-order valence-electron chi connectivity index (χ2n) is 9.00. The lowest BCUT2D eigenvalue weighted by atomic mass is 10.0. The number of benzene rings is 1. The average molecular weight is 521 g/mol. The van der Waals surface area contributed by atoms with Crippen molar-refractivity contribution < 1.29 is 37.7 Å². The summed E-state index contributed by atoms with van der Waals surface area (Å²) in [5.74, 6) is -4.74. The summed E-state index contributed by atoms with van der Waals surface area (Å²) in [6.07, 6.45) is 1.16. The van der Waals surface area contributed by atoms with Gasteiger partial charge >= 0.3 is 5.97 Å². The lowest BCUT2D eigenvalue weighted by Gasteiger charge is -2.30. The summed E-state index contributed by atoms with van der Waals surface area (Å²) in [5, 5.41) is 19.6. The fourth-order valence-electron chi connectivity index (χ4n) is 4.24. The highest BCUT2D eigenvalue weighted by Crippen LogP contribution is 2.33. The number of morpholine rings is 1. The Morgan fingerprint density at radius 1 is 1.16 bits per heavy atom. The number of aromatic carboxylic acids is 1. The molecule has 9 nitrogen and oxygen atoms in total. The number of anilines is 1. The number of ether oxygens (including phenoxy) is 2. The van der Waals surface area contributed by atoms with Crippen LogP contribution in [0.5, 0.6) is 5.75 Å². The van der Waals surface area contributed by atoms with Crippen molar-refractivity contribution in [3.63, 3.8) is 0 Å². The van der Waals surface area contributed by atoms with Gasteiger partial charge in [-0.1, -0.05) is 13.8 Å². The molecule has 0 radical (unpaired) electrons. The van der Waals surface area contributed by atoms with Crippen LogP contribution in [0.15, 0.2) is 29.2 Å². The van der Waals surface area contributed by atoms with Crippen molar-refractivity contribution >= 4 is 22.8 Å². The Balaban J connectivity index is 1.92. The van der Waals surface area contributed by atoms with Crippen LogP contribution in [0.1, 0.15) is 35.8 Å². The maximum absolute atomic E-state index is 14.2. The molecule has 0 saturated carbocycles. The van der Waals surface area contributed by atoms with E-state index in [0.717, 1.165) is 6.20 Å². The number of carboxylic acid groups (broad SMARTS) is 1. The molecule has 1 atom stereocenters. The number of carbonyl (C=O) groups is 1. The molecule has 12 heteroatoms. The molecular formula is C25H26F3N3O6. The number of pyridine rings is 2. The second kappa shape index (κ2) is 10.8. The average Bonchev–Trinajstić information content (AvgIpc) is 2.85. The van der Waals surface area contributed by atoms with E-state index in [1.165, 1.54) is 10.6 Å². The van der Waals surface area contributed by atoms with E-state index in [2.05, 4.69) is 4.98 Å². The molecule has 1 saturated heterocycles. The van der Waals surface area contributed by atoms with Gasteiger partial charge in [0.15, 0.2) is 11.6 Å². The van der Waals surface area contributed by atoms with Crippen LogP contribution in [0.3, 0.4) is 0 Å². The lowest BCUT2D eigenvalue weighted by molar-refractivity contribution is 0.0693. The van der Waals surface area contributed by atoms with E-state index in [0.29, 0.717) is 38.4 Å². The predicted octanol–water partition coefficient (Wildman–Crippen LogP) is 3.12. The lowest BCUT2D eigenvalue weighted by Crippen LogP contribution is -2.37. The van der Waals surface area contributed by atoms with E-state index in [9.17, 15) is 33.0 Å². The standard InChI is InChI=1S/C25H26F3N3O6/c1-13(2)20(11-32)31-10-16(25(34)35)22(33)15-9-21(24(29-23(15)31)30-3-5-36-6-4-30)37-12-17-18(27)7-14(26)8-19(17)28/h7-10,13,20,32H,3-6,11-12H2,1-2H3,(H,34,35)/t20-/m1/s1. The zero-order chi connectivity index (χ0) is 26.9. The first-order valence-electron chi connectivity index (χ1n) is 11.6. The van der Waals surface area contributed by atoms with E-state index in [4.69, 9.17) is 9.47 Å². The number of hydrogen-bond donors (Lipinski definition) is 2. The first-order valence-corrected chi connectivity index (χ1v) is 11.6. The zero-order valence-electron chi connectivity index (χ0n) is 20.2. The van der Waals surface area contributed by atoms with Gasteiger partial charge in [0.05, 0.1) is 36.8 Å². The topological polar surface area (TPSA) is 114 Å². The summed E-state index contributed by atoms with van der Waals surface area (Å²) < 4.78 is 54.4. The van der Waals surface area contributed by atoms with E-state index in [-0.39, 0.29) is 35.1 Å². The molecule has 4 rings (SSSR count). The van der Waals surface area contributed by atoms with Crippen LogP contribution < -0.4 is 15.1 Å². The molecule has 1 aliphatic rings. The van der Waals surface area contributed by atoms with E-state index in [1.807, 2.05) is 13.8 Å². The van der Waals surface area contributed by atoms with Gasteiger partial charge in [-0.2, -0.15) is 0 Å². The molecular weight excluding hydrogens is 495 g/mol. The SMILES string of the molecule is CC(C)[C@@H](CO)n1cc(C(=O)O)c(=O)c2cc(OCc3c(F)cc(F)cc3F)c(N3CCOCC3)nc21. The largest absolute Gasteiger partial charge is 0.485 e. The summed E-state index contributed by atoms with van der Waals surface area (Å²) in [7, 11) is 0. The Hall–Kier alpha value is -3.64. The van der Waals surface area contributed by atoms with Gasteiger partial charge in [-0.15, -0.1) is 0 Å². The first kappa shape index (κ1) is 26.4. The summed E-state index contributed by atoms with van der Waals surface area (Å²) in [6, 6.07) is 1.75. The summed E-state index contributed by atoms with van der Waals surface area (Å²) in [5.41, 5.74) is -1.76. The molecule has 0 unspecified atom stereocenters. The molecule has 1 fully saturated rings. The van der Waals surface area contributed by atoms with Gasteiger partial charge in [-0.05, 0) is 12.0 Å². The molecule has 37 heavy (non-hydrogen) atoms. The molecule has 1 aromatic carbocycles. The third-order valence-corrected chi connectivity index (χ3v) is 6.28. The van der Waals surface area contributed by atoms with E-state index < -0.39 is 52.6 Å². The Bertz CT molecular complexity index is 1370. The highest BCUT2D eigenvalue weighted by atomic mass is 19.1. The predicted molar refractivity (Wildman–Crippen MR) is 128 cm³/mol. The highest BCUT2D eigenvalue weighted by Gasteiger charge is 2.26. The maximum atomic E-state index is 14.2. The number of rotatable bonds is 8. The minimum atomic E-state index is -1.46. The molecule has 0 aliphatic carbocycles. The number of aliphatic hydroxyl groups is 1. The van der Waals surface area contributed by atoms with Crippen LogP contribution >= 0.6 is 0 Å². The first-order chi connectivity index (χ1) is 17.6. The Labute approximate surface area is 209 Å². The number of halogens is 3. The van der Waals surface area contributed by atoms with Crippen molar-refractivity contribution in [3.8, 4) is 5.75 Å². The van der Waals surface area contributed by atoms with Gasteiger partial charge in [0.1, 0.15) is 35.3 Å². The normalized spacial score (nSPS) is 14.8. The zero-order valence-corrected chi connectivity index (χ0v) is 20.2. The van der Waals surface area contributed by atoms with Crippen LogP contribution in [-0.4, -0.2) is 58.6 Å². The Morgan fingerprint density at radius 2 is 1.81 bits per heavy atom. The fraction of sp³-hybridized carbons (Fsp3) is 0.400. The number of aliphatic hydroxyl groups excluding tert-OH is 1. The number of carboxylic acids is 1. The van der Waals surface area contributed by atoms with Gasteiger partial charge in [-0.25, -0.2) is 22.9 Å². The monoisotopic (exact) mass is 521 g/mol. The van der Waals surface area contributed by atoms with Crippen molar-refractivity contribution in [2.24, 2.45) is 5.92 Å². The molecule has 2 aromatic heterocycles. The second-order valence-corrected chi connectivity index (χ2v) is 9.00. The van der Waals surface area contributed by atoms with Gasteiger partial charge in [-0.3, -0.25) is 4.79 Å². The Morgan fingerprint density at radius 3 is 2.38 bits per heavy atom. The van der Waals surface area contributed by atoms with Crippen molar-refractivity contribution in [2.45, 2.75) is 26.5 Å². The van der Waals surface area contributed by atoms with Crippen LogP contribution in [0.2, 0.25) is 0 Å². The number of fused-ring (bicyclic) bond motifs is 1. The number of nitrogens with zero attached hydrogens (tertiary/aromatic N) is 3. The quantitative estimate of drug-likeness (QED) is 0.465. The molecule has 0 bridgehead atoms.